The first-order valence-corrected chi connectivity index (χ1v) is 6.21. The van der Waals surface area contributed by atoms with Gasteiger partial charge >= 0.3 is 0 Å². The number of hydrogen-bond acceptors (Lipinski definition) is 5. The predicted octanol–water partition coefficient (Wildman–Crippen LogP) is 0.00240. The molecule has 1 N–H and O–H groups in total. The van der Waals surface area contributed by atoms with E-state index in [4.69, 9.17) is 14.6 Å². The number of carbonyl (C=O) groups excluding carboxylic acids is 2. The standard InChI is InChI=1S/C13H23NO5/c1-11(16)9-19-12(2)10-18-8-6-14(3)13(17)5-4-7-15/h4-5,7,11-12,16H,6,8-10H2,1-3H3/b5-4-. The van der Waals surface area contributed by atoms with Crippen molar-refractivity contribution < 1.29 is 24.2 Å². The first-order chi connectivity index (χ1) is 8.97. The van der Waals surface area contributed by atoms with Crippen molar-refractivity contribution in [2.24, 2.45) is 0 Å². The summed E-state index contributed by atoms with van der Waals surface area (Å²) in [6, 6.07) is 0. The van der Waals surface area contributed by atoms with Crippen LogP contribution in [0.15, 0.2) is 12.2 Å². The van der Waals surface area contributed by atoms with Crippen molar-refractivity contribution >= 4 is 12.2 Å². The number of aliphatic hydroxyl groups excluding tert-OH is 1. The number of allylic oxidation sites excluding steroid dienone is 1. The third-order valence-corrected chi connectivity index (χ3v) is 2.24. The highest BCUT2D eigenvalue weighted by molar-refractivity contribution is 5.90. The van der Waals surface area contributed by atoms with Gasteiger partial charge in [0.15, 0.2) is 0 Å². The van der Waals surface area contributed by atoms with Crippen molar-refractivity contribution in [1.29, 1.82) is 0 Å². The first-order valence-electron chi connectivity index (χ1n) is 6.21. The maximum Gasteiger partial charge on any atom is 0.246 e. The molecule has 110 valence electrons. The fourth-order valence-corrected chi connectivity index (χ4v) is 1.16. The van der Waals surface area contributed by atoms with Gasteiger partial charge in [-0.15, -0.1) is 0 Å². The van der Waals surface area contributed by atoms with E-state index in [1.807, 2.05) is 6.92 Å². The van der Waals surface area contributed by atoms with E-state index in [2.05, 4.69) is 0 Å². The Bertz CT molecular complexity index is 291. The maximum absolute atomic E-state index is 11.4. The molecule has 2 atom stereocenters. The average Bonchev–Trinajstić information content (AvgIpc) is 2.38. The smallest absolute Gasteiger partial charge is 0.246 e. The molecule has 2 unspecified atom stereocenters. The number of carbonyl (C=O) groups is 2. The lowest BCUT2D eigenvalue weighted by Crippen LogP contribution is -2.30. The molecule has 6 heteroatoms. The Morgan fingerprint density at radius 3 is 2.63 bits per heavy atom. The lowest BCUT2D eigenvalue weighted by Gasteiger charge is -2.17. The first kappa shape index (κ1) is 17.8. The lowest BCUT2D eigenvalue weighted by atomic mass is 10.4. The number of hydrogen-bond donors (Lipinski definition) is 1. The minimum Gasteiger partial charge on any atom is -0.391 e. The van der Waals surface area contributed by atoms with Crippen LogP contribution in [0, 0.1) is 0 Å². The largest absolute Gasteiger partial charge is 0.391 e. The number of aldehydes is 1. The van der Waals surface area contributed by atoms with Crippen LogP contribution in [-0.4, -0.2) is 67.8 Å². The molecule has 0 aromatic heterocycles. The van der Waals surface area contributed by atoms with Crippen molar-refractivity contribution in [3.63, 3.8) is 0 Å². The second-order valence-electron chi connectivity index (χ2n) is 4.32. The van der Waals surface area contributed by atoms with E-state index >= 15 is 0 Å². The molecule has 19 heavy (non-hydrogen) atoms. The van der Waals surface area contributed by atoms with Gasteiger partial charge in [0, 0.05) is 19.7 Å². The van der Waals surface area contributed by atoms with Crippen molar-refractivity contribution in [3.8, 4) is 0 Å². The number of likely N-dealkylation sites (N-methyl/N-ethyl adjacent to an activating group) is 1. The van der Waals surface area contributed by atoms with Gasteiger partial charge in [0.1, 0.15) is 6.29 Å². The van der Waals surface area contributed by atoms with Gasteiger partial charge in [-0.05, 0) is 19.9 Å². The van der Waals surface area contributed by atoms with Crippen molar-refractivity contribution in [2.75, 3.05) is 33.4 Å². The molecule has 0 aromatic carbocycles. The Morgan fingerprint density at radius 1 is 1.37 bits per heavy atom. The molecule has 0 aliphatic heterocycles. The molecule has 0 aromatic rings. The SMILES string of the molecule is CC(O)COC(C)COCCN(C)C(=O)/C=C\C=O. The molecule has 0 saturated heterocycles. The summed E-state index contributed by atoms with van der Waals surface area (Å²) < 4.78 is 10.7. The summed E-state index contributed by atoms with van der Waals surface area (Å²) in [4.78, 5) is 22.9. The molecule has 0 aliphatic carbocycles. The third-order valence-electron chi connectivity index (χ3n) is 2.24. The van der Waals surface area contributed by atoms with Gasteiger partial charge < -0.3 is 19.5 Å². The number of nitrogens with zero attached hydrogens (tertiary/aromatic N) is 1. The van der Waals surface area contributed by atoms with Crippen LogP contribution in [0.3, 0.4) is 0 Å². The van der Waals surface area contributed by atoms with Crippen LogP contribution in [0.25, 0.3) is 0 Å². The molecule has 6 nitrogen and oxygen atoms in total. The van der Waals surface area contributed by atoms with Crippen molar-refractivity contribution in [1.82, 2.24) is 4.90 Å². The van der Waals surface area contributed by atoms with Gasteiger partial charge in [-0.25, -0.2) is 0 Å². The molecule has 0 saturated carbocycles. The van der Waals surface area contributed by atoms with Gasteiger partial charge in [-0.2, -0.15) is 0 Å². The van der Waals surface area contributed by atoms with Crippen LogP contribution < -0.4 is 0 Å². The fraction of sp³-hybridized carbons (Fsp3) is 0.692. The molecule has 0 heterocycles. The van der Waals surface area contributed by atoms with E-state index in [1.165, 1.54) is 11.0 Å². The zero-order valence-corrected chi connectivity index (χ0v) is 11.7. The molecule has 0 spiro atoms. The summed E-state index contributed by atoms with van der Waals surface area (Å²) in [6.07, 6.45) is 2.33. The molecule has 0 aliphatic rings. The minimum atomic E-state index is -0.490. The van der Waals surface area contributed by atoms with E-state index in [9.17, 15) is 9.59 Å². The van der Waals surface area contributed by atoms with Crippen LogP contribution in [0.4, 0.5) is 0 Å². The van der Waals surface area contributed by atoms with Gasteiger partial charge in [0.25, 0.3) is 0 Å². The average molecular weight is 273 g/mol. The maximum atomic E-state index is 11.4. The Hall–Kier alpha value is -1.24. The number of aliphatic hydroxyl groups is 1. The molecule has 0 rings (SSSR count). The summed E-state index contributed by atoms with van der Waals surface area (Å²) in [5.74, 6) is -0.242. The topological polar surface area (TPSA) is 76.1 Å². The Balaban J connectivity index is 3.65. The summed E-state index contributed by atoms with van der Waals surface area (Å²) in [5, 5.41) is 9.04. The number of rotatable bonds is 10. The highest BCUT2D eigenvalue weighted by atomic mass is 16.5. The van der Waals surface area contributed by atoms with Crippen LogP contribution in [0.1, 0.15) is 13.8 Å². The quantitative estimate of drug-likeness (QED) is 0.344. The normalized spacial score (nSPS) is 14.3. The second kappa shape index (κ2) is 10.7. The van der Waals surface area contributed by atoms with Crippen LogP contribution >= 0.6 is 0 Å². The van der Waals surface area contributed by atoms with Crippen molar-refractivity contribution in [2.45, 2.75) is 26.1 Å². The van der Waals surface area contributed by atoms with E-state index in [0.717, 1.165) is 6.08 Å². The van der Waals surface area contributed by atoms with Gasteiger partial charge in [0.05, 0.1) is 32.0 Å². The highest BCUT2D eigenvalue weighted by Gasteiger charge is 2.07. The van der Waals surface area contributed by atoms with Gasteiger partial charge in [0.2, 0.25) is 5.91 Å². The Morgan fingerprint density at radius 2 is 2.05 bits per heavy atom. The third kappa shape index (κ3) is 10.4. The number of amides is 1. The summed E-state index contributed by atoms with van der Waals surface area (Å²) in [5.41, 5.74) is 0. The zero-order chi connectivity index (χ0) is 14.7. The summed E-state index contributed by atoms with van der Waals surface area (Å²) >= 11 is 0. The molecular formula is C13H23NO5. The molecule has 0 radical (unpaired) electrons. The Kier molecular flexibility index (Phi) is 9.97. The summed E-state index contributed by atoms with van der Waals surface area (Å²) in [6.45, 7) is 5.01. The summed E-state index contributed by atoms with van der Waals surface area (Å²) in [7, 11) is 1.63. The monoisotopic (exact) mass is 273 g/mol. The molecular weight excluding hydrogens is 250 g/mol. The van der Waals surface area contributed by atoms with Crippen LogP contribution in [-0.2, 0) is 19.1 Å². The number of ether oxygens (including phenoxy) is 2. The van der Waals surface area contributed by atoms with Crippen LogP contribution in [0.2, 0.25) is 0 Å². The molecule has 0 bridgehead atoms. The second-order valence-corrected chi connectivity index (χ2v) is 4.32. The zero-order valence-electron chi connectivity index (χ0n) is 11.7. The minimum absolute atomic E-state index is 0.106. The Labute approximate surface area is 114 Å². The fourth-order valence-electron chi connectivity index (χ4n) is 1.16. The highest BCUT2D eigenvalue weighted by Crippen LogP contribution is 1.95. The lowest BCUT2D eigenvalue weighted by molar-refractivity contribution is -0.125. The van der Waals surface area contributed by atoms with Gasteiger partial charge in [-0.1, -0.05) is 0 Å². The van der Waals surface area contributed by atoms with E-state index in [-0.39, 0.29) is 18.6 Å². The van der Waals surface area contributed by atoms with Gasteiger partial charge in [-0.3, -0.25) is 9.59 Å². The van der Waals surface area contributed by atoms with E-state index < -0.39 is 6.10 Å². The molecule has 1 amide bonds. The van der Waals surface area contributed by atoms with E-state index in [0.29, 0.717) is 26.0 Å². The van der Waals surface area contributed by atoms with Crippen molar-refractivity contribution in [3.05, 3.63) is 12.2 Å². The molecule has 0 fully saturated rings. The van der Waals surface area contributed by atoms with E-state index in [1.54, 1.807) is 14.0 Å². The van der Waals surface area contributed by atoms with Crippen LogP contribution in [0.5, 0.6) is 0 Å². The predicted molar refractivity (Wildman–Crippen MR) is 70.8 cm³/mol.